The fraction of sp³-hybridized carbons (Fsp3) is 0.333. The van der Waals surface area contributed by atoms with Crippen molar-refractivity contribution >= 4 is 29.7 Å². The number of aliphatic hydroxyl groups is 1. The molecule has 1 aliphatic heterocycles. The van der Waals surface area contributed by atoms with E-state index in [0.29, 0.717) is 12.2 Å². The molecule has 162 valence electrons. The number of hydrogen-bond acceptors (Lipinski definition) is 5. The van der Waals surface area contributed by atoms with Gasteiger partial charge in [0.15, 0.2) is 6.23 Å². The van der Waals surface area contributed by atoms with Crippen molar-refractivity contribution in [2.45, 2.75) is 39.5 Å². The van der Waals surface area contributed by atoms with Crippen LogP contribution in [0.4, 0.5) is 0 Å². The van der Waals surface area contributed by atoms with Gasteiger partial charge < -0.3 is 10.1 Å². The number of aliphatic hydroxyl groups excluding tert-OH is 1. The van der Waals surface area contributed by atoms with Crippen molar-refractivity contribution in [2.75, 3.05) is 13.6 Å². The van der Waals surface area contributed by atoms with Crippen LogP contribution in [0.25, 0.3) is 23.2 Å². The Labute approximate surface area is 186 Å². The van der Waals surface area contributed by atoms with Crippen LogP contribution in [-0.4, -0.2) is 44.5 Å². The first-order valence-electron chi connectivity index (χ1n) is 10.5. The zero-order valence-electron chi connectivity index (χ0n) is 18.4. The van der Waals surface area contributed by atoms with Gasteiger partial charge in [-0.1, -0.05) is 18.7 Å². The molecule has 7 heteroatoms. The average molecular weight is 436 g/mol. The number of nitrogens with zero attached hydrogens (tertiary/aromatic N) is 3. The maximum absolute atomic E-state index is 11.4. The number of aliphatic imine (C=N–C) groups is 1. The highest BCUT2D eigenvalue weighted by Gasteiger charge is 2.36. The van der Waals surface area contributed by atoms with Crippen molar-refractivity contribution in [2.24, 2.45) is 4.99 Å². The average Bonchev–Trinajstić information content (AvgIpc) is 3.50. The van der Waals surface area contributed by atoms with E-state index in [9.17, 15) is 5.11 Å². The first-order valence-corrected chi connectivity index (χ1v) is 11.3. The molecule has 3 aromatic heterocycles. The monoisotopic (exact) mass is 435 g/mol. The molecule has 3 N–H and O–H groups in total. The molecular formula is C24H29N5OS. The van der Waals surface area contributed by atoms with Crippen LogP contribution in [0.3, 0.4) is 0 Å². The summed E-state index contributed by atoms with van der Waals surface area (Å²) in [5, 5.41) is 21.0. The minimum absolute atomic E-state index is 0.204. The van der Waals surface area contributed by atoms with E-state index < -0.39 is 6.23 Å². The summed E-state index contributed by atoms with van der Waals surface area (Å²) in [6.45, 7) is 11.0. The lowest BCUT2D eigenvalue weighted by atomic mass is 9.94. The third-order valence-corrected chi connectivity index (χ3v) is 6.88. The molecule has 2 atom stereocenters. The van der Waals surface area contributed by atoms with Crippen molar-refractivity contribution in [1.82, 2.24) is 20.1 Å². The Bertz CT molecular complexity index is 1250. The maximum Gasteiger partial charge on any atom is 0.150 e. The van der Waals surface area contributed by atoms with Gasteiger partial charge in [0.25, 0.3) is 0 Å². The zero-order valence-corrected chi connectivity index (χ0v) is 19.3. The fourth-order valence-corrected chi connectivity index (χ4v) is 5.14. The van der Waals surface area contributed by atoms with Crippen molar-refractivity contribution in [3.05, 3.63) is 62.7 Å². The number of thiophene rings is 1. The van der Waals surface area contributed by atoms with Crippen molar-refractivity contribution in [3.63, 3.8) is 0 Å². The lowest BCUT2D eigenvalue weighted by molar-refractivity contribution is -0.0197. The molecule has 31 heavy (non-hydrogen) atoms. The van der Waals surface area contributed by atoms with Gasteiger partial charge in [0, 0.05) is 29.5 Å². The Morgan fingerprint density at radius 1 is 1.42 bits per heavy atom. The van der Waals surface area contributed by atoms with Crippen LogP contribution in [-0.2, 0) is 6.42 Å². The number of nitrogens with one attached hydrogen (secondary N) is 2. The van der Waals surface area contributed by atoms with Crippen molar-refractivity contribution < 1.29 is 5.11 Å². The van der Waals surface area contributed by atoms with Gasteiger partial charge in [-0.3, -0.25) is 15.0 Å². The second-order valence-corrected chi connectivity index (χ2v) is 9.02. The molecule has 0 radical (unpaired) electrons. The summed E-state index contributed by atoms with van der Waals surface area (Å²) < 4.78 is 0. The Kier molecular flexibility index (Phi) is 6.09. The number of fused-ring (bicyclic) bond motifs is 1. The third-order valence-electron chi connectivity index (χ3n) is 5.86. The Morgan fingerprint density at radius 3 is 2.87 bits per heavy atom. The summed E-state index contributed by atoms with van der Waals surface area (Å²) >= 11 is 1.69. The van der Waals surface area contributed by atoms with Crippen LogP contribution >= 0.6 is 11.3 Å². The fourth-order valence-electron chi connectivity index (χ4n) is 4.31. The van der Waals surface area contributed by atoms with Crippen LogP contribution in [0.1, 0.15) is 47.9 Å². The number of aryl methyl sites for hydroxylation is 1. The summed E-state index contributed by atoms with van der Waals surface area (Å²) in [5.74, 6) is 0. The van der Waals surface area contributed by atoms with E-state index in [2.05, 4.69) is 50.7 Å². The lowest BCUT2D eigenvalue weighted by Gasteiger charge is -2.38. The largest absolute Gasteiger partial charge is 0.372 e. The molecule has 0 amide bonds. The van der Waals surface area contributed by atoms with Gasteiger partial charge >= 0.3 is 0 Å². The van der Waals surface area contributed by atoms with E-state index in [-0.39, 0.29) is 6.04 Å². The van der Waals surface area contributed by atoms with Gasteiger partial charge in [-0.15, -0.1) is 11.3 Å². The minimum atomic E-state index is -0.840. The Hall–Kier alpha value is -2.74. The highest BCUT2D eigenvalue weighted by molar-refractivity contribution is 7.15. The number of H-pyrrole nitrogens is 2. The molecular weight excluding hydrogens is 406 g/mol. The highest BCUT2D eigenvalue weighted by atomic mass is 32.1. The second kappa shape index (κ2) is 8.78. The smallest absolute Gasteiger partial charge is 0.150 e. The SMILES string of the molecule is C=c1c2c([nH]/c1=C/C)[C@@H](C(/C=C\C)=N/C)N(C(O)c1cc(-c3ccc(C)s3)n[nH]1)CC2. The summed E-state index contributed by atoms with van der Waals surface area (Å²) in [7, 11) is 1.79. The van der Waals surface area contributed by atoms with E-state index in [1.165, 1.54) is 10.4 Å². The number of hydrogen-bond donors (Lipinski definition) is 3. The molecule has 0 bridgehead atoms. The first-order chi connectivity index (χ1) is 15.0. The molecule has 4 rings (SSSR count). The lowest BCUT2D eigenvalue weighted by Crippen LogP contribution is -2.42. The molecule has 0 spiro atoms. The van der Waals surface area contributed by atoms with Gasteiger partial charge in [0.2, 0.25) is 0 Å². The van der Waals surface area contributed by atoms with Crippen LogP contribution in [0.15, 0.2) is 35.3 Å². The number of allylic oxidation sites excluding steroid dienone is 1. The maximum atomic E-state index is 11.4. The molecule has 0 saturated carbocycles. The quantitative estimate of drug-likeness (QED) is 0.539. The highest BCUT2D eigenvalue weighted by Crippen LogP contribution is 2.35. The minimum Gasteiger partial charge on any atom is -0.372 e. The number of aromatic amines is 2. The molecule has 0 fully saturated rings. The van der Waals surface area contributed by atoms with Crippen LogP contribution in [0.2, 0.25) is 0 Å². The van der Waals surface area contributed by atoms with E-state index in [1.54, 1.807) is 18.4 Å². The normalized spacial score (nSPS) is 19.3. The van der Waals surface area contributed by atoms with E-state index in [1.807, 2.05) is 38.1 Å². The molecule has 1 aliphatic rings. The molecule has 6 nitrogen and oxygen atoms in total. The third kappa shape index (κ3) is 3.84. The van der Waals surface area contributed by atoms with Gasteiger partial charge in [-0.25, -0.2) is 0 Å². The molecule has 4 heterocycles. The number of rotatable bonds is 5. The second-order valence-electron chi connectivity index (χ2n) is 7.73. The number of aromatic nitrogens is 3. The molecule has 0 aromatic carbocycles. The van der Waals surface area contributed by atoms with E-state index >= 15 is 0 Å². The van der Waals surface area contributed by atoms with Crippen molar-refractivity contribution in [1.29, 1.82) is 0 Å². The van der Waals surface area contributed by atoms with Crippen LogP contribution in [0.5, 0.6) is 0 Å². The van der Waals surface area contributed by atoms with E-state index in [0.717, 1.165) is 39.0 Å². The Balaban J connectivity index is 1.75. The summed E-state index contributed by atoms with van der Waals surface area (Å²) in [4.78, 5) is 12.5. The topological polar surface area (TPSA) is 80.3 Å². The van der Waals surface area contributed by atoms with Gasteiger partial charge in [0.1, 0.15) is 5.69 Å². The molecule has 3 aromatic rings. The van der Waals surface area contributed by atoms with Gasteiger partial charge in [-0.05, 0) is 62.2 Å². The summed E-state index contributed by atoms with van der Waals surface area (Å²) in [5.41, 5.74) is 4.68. The molecule has 0 saturated heterocycles. The predicted octanol–water partition coefficient (Wildman–Crippen LogP) is 3.22. The summed E-state index contributed by atoms with van der Waals surface area (Å²) in [6.07, 6.45) is 6.00. The first kappa shape index (κ1) is 21.5. The van der Waals surface area contributed by atoms with Gasteiger partial charge in [0.05, 0.1) is 22.3 Å². The Morgan fingerprint density at radius 2 is 2.23 bits per heavy atom. The summed E-state index contributed by atoms with van der Waals surface area (Å²) in [6, 6.07) is 5.88. The predicted molar refractivity (Wildman–Crippen MR) is 129 cm³/mol. The molecule has 1 unspecified atom stereocenters. The molecule has 0 aliphatic carbocycles. The van der Waals surface area contributed by atoms with Crippen molar-refractivity contribution in [3.8, 4) is 10.6 Å². The standard InChI is InChI=1S/C24H29N5OS/c1-6-8-18(25-5)23-22-16(15(4)17(7-2)26-22)11-12-29(23)24(30)20-13-19(27-28-20)21-10-9-14(3)31-21/h6-10,13,23-24,26,30H,4,11-12H2,1-3,5H3,(H,27,28)/b8-6-,17-7+,25-18+/t23-,24?/m1/s1. The van der Waals surface area contributed by atoms with E-state index in [4.69, 9.17) is 0 Å². The zero-order chi connectivity index (χ0) is 22.1. The van der Waals surface area contributed by atoms with Crippen LogP contribution in [0, 0.1) is 6.92 Å². The van der Waals surface area contributed by atoms with Gasteiger partial charge in [-0.2, -0.15) is 5.10 Å². The van der Waals surface area contributed by atoms with Crippen LogP contribution < -0.4 is 10.6 Å².